The normalized spacial score (nSPS) is 14.5. The molecule has 2 aromatic rings. The molecule has 0 spiro atoms. The second-order valence-electron chi connectivity index (χ2n) is 6.16. The Morgan fingerprint density at radius 1 is 1.11 bits per heavy atom. The topological polar surface area (TPSA) is 66.9 Å². The van der Waals surface area contributed by atoms with Crippen LogP contribution < -0.4 is 18.1 Å². The molecule has 1 atom stereocenters. The van der Waals surface area contributed by atoms with Crippen molar-refractivity contribution in [1.29, 1.82) is 0 Å². The van der Waals surface area contributed by atoms with Gasteiger partial charge in [-0.1, -0.05) is 6.07 Å². The van der Waals surface area contributed by atoms with Gasteiger partial charge >= 0.3 is 6.61 Å². The van der Waals surface area contributed by atoms with Gasteiger partial charge in [-0.25, -0.2) is 0 Å². The first-order valence-corrected chi connectivity index (χ1v) is 8.91. The van der Waals surface area contributed by atoms with Gasteiger partial charge in [0.25, 0.3) is 0 Å². The van der Waals surface area contributed by atoms with Gasteiger partial charge in [0.15, 0.2) is 23.0 Å². The van der Waals surface area contributed by atoms with Crippen LogP contribution in [0.25, 0.3) is 0 Å². The molecule has 1 aromatic carbocycles. The Bertz CT molecular complexity index is 813. The summed E-state index contributed by atoms with van der Waals surface area (Å²) in [6.07, 6.45) is 5.23. The number of aromatic nitrogens is 1. The van der Waals surface area contributed by atoms with Gasteiger partial charge in [0.2, 0.25) is 0 Å². The number of hydrogen-bond acceptors (Lipinski definition) is 6. The molecule has 0 bridgehead atoms. The van der Waals surface area contributed by atoms with Gasteiger partial charge in [-0.2, -0.15) is 8.78 Å². The minimum absolute atomic E-state index is 0.0604. The third-order valence-electron chi connectivity index (χ3n) is 4.24. The molecule has 0 radical (unpaired) electrons. The minimum Gasteiger partial charge on any atom is -0.489 e. The average Bonchev–Trinajstić information content (AvgIpc) is 3.52. The summed E-state index contributed by atoms with van der Waals surface area (Å²) in [4.78, 5) is 15.7. The van der Waals surface area contributed by atoms with E-state index in [1.807, 2.05) is 0 Å². The molecule has 0 aliphatic heterocycles. The Labute approximate surface area is 169 Å². The molecule has 1 unspecified atom stereocenters. The van der Waals surface area contributed by atoms with Gasteiger partial charge in [-0.15, -0.1) is 0 Å². The van der Waals surface area contributed by atoms with Crippen LogP contribution in [0.2, 0.25) is 0 Å². The van der Waals surface area contributed by atoms with Crippen LogP contribution in [0.4, 0.5) is 8.78 Å². The molecule has 28 heavy (non-hydrogen) atoms. The number of benzene rings is 1. The molecule has 1 saturated carbocycles. The molecular weight excluding hydrogens is 419 g/mol. The summed E-state index contributed by atoms with van der Waals surface area (Å²) in [5, 5.41) is 0. The highest BCUT2D eigenvalue weighted by molar-refractivity contribution is 6.10. The predicted octanol–water partition coefficient (Wildman–Crippen LogP) is 4.87. The van der Waals surface area contributed by atoms with Crippen LogP contribution >= 0.6 is 23.7 Å². The molecule has 3 rings (SSSR count). The highest BCUT2D eigenvalue weighted by Crippen LogP contribution is 2.41. The van der Waals surface area contributed by atoms with Crippen molar-refractivity contribution in [2.24, 2.45) is 5.92 Å². The van der Waals surface area contributed by atoms with Crippen LogP contribution in [0.1, 0.15) is 29.9 Å². The average molecular weight is 434 g/mol. The molecule has 1 fully saturated rings. The Morgan fingerprint density at radius 3 is 2.32 bits per heavy atom. The van der Waals surface area contributed by atoms with E-state index in [2.05, 4.69) is 9.72 Å². The lowest BCUT2D eigenvalue weighted by atomic mass is 9.91. The minimum atomic E-state index is -3.01. The Morgan fingerprint density at radius 2 is 1.79 bits per heavy atom. The van der Waals surface area contributed by atoms with Crippen molar-refractivity contribution >= 4 is 30.0 Å². The highest BCUT2D eigenvalue weighted by atomic mass is 35.5. The van der Waals surface area contributed by atoms with Gasteiger partial charge in [0.1, 0.15) is 30.0 Å². The van der Waals surface area contributed by atoms with E-state index in [-0.39, 0.29) is 28.6 Å². The molecule has 0 amide bonds. The number of hydrogen-bond donors (Lipinski definition) is 0. The molecule has 10 heteroatoms. The number of carbonyl (C=O) groups is 1. The summed E-state index contributed by atoms with van der Waals surface area (Å²) < 4.78 is 45.0. The zero-order chi connectivity index (χ0) is 20.1. The number of aldehydes is 1. The summed E-state index contributed by atoms with van der Waals surface area (Å²) in [6, 6.07) is 4.22. The van der Waals surface area contributed by atoms with E-state index in [1.54, 1.807) is 0 Å². The van der Waals surface area contributed by atoms with E-state index < -0.39 is 12.5 Å². The number of ether oxygens (including phenoxy) is 2. The molecule has 1 aliphatic rings. The lowest BCUT2D eigenvalue weighted by Gasteiger charge is -2.18. The Kier molecular flexibility index (Phi) is 6.74. The fraction of sp³-hybridized carbons (Fsp3) is 0.333. The molecule has 1 aliphatic carbocycles. The fourth-order valence-corrected chi connectivity index (χ4v) is 2.94. The van der Waals surface area contributed by atoms with Crippen LogP contribution in [0.15, 0.2) is 30.6 Å². The van der Waals surface area contributed by atoms with Gasteiger partial charge in [0.05, 0.1) is 30.5 Å². The van der Waals surface area contributed by atoms with Crippen molar-refractivity contribution < 1.29 is 31.6 Å². The van der Waals surface area contributed by atoms with E-state index in [0.29, 0.717) is 24.4 Å². The van der Waals surface area contributed by atoms with E-state index in [9.17, 15) is 13.6 Å². The zero-order valence-electron chi connectivity index (χ0n) is 14.3. The van der Waals surface area contributed by atoms with Crippen molar-refractivity contribution in [3.63, 3.8) is 0 Å². The molecule has 1 aromatic heterocycles. The second kappa shape index (κ2) is 9.25. The Balaban J connectivity index is 2.00. The molecule has 6 nitrogen and oxygen atoms in total. The van der Waals surface area contributed by atoms with Crippen molar-refractivity contribution in [1.82, 2.24) is 4.98 Å². The van der Waals surface area contributed by atoms with Crippen LogP contribution in [0.5, 0.6) is 23.0 Å². The maximum Gasteiger partial charge on any atom is 0.387 e. The van der Waals surface area contributed by atoms with Crippen LogP contribution in [-0.2, 0) is 4.79 Å². The summed E-state index contributed by atoms with van der Waals surface area (Å²) in [5.41, 5.74) is 0.643. The van der Waals surface area contributed by atoms with Crippen molar-refractivity contribution in [2.45, 2.75) is 25.4 Å². The zero-order valence-corrected chi connectivity index (χ0v) is 15.8. The van der Waals surface area contributed by atoms with Gasteiger partial charge in [-0.3, -0.25) is 4.98 Å². The standard InChI is InChI=1S/C18H15Cl2F2NO5/c19-27-15-6-23-7-16(28-20)17(15)12(8-24)11-3-4-13(26-18(21)22)14(5-11)25-9-10-1-2-10/h3-8,10,12,18H,1-2,9H2. The number of pyridine rings is 1. The quantitative estimate of drug-likeness (QED) is 0.498. The monoisotopic (exact) mass is 433 g/mol. The van der Waals surface area contributed by atoms with Crippen molar-refractivity contribution in [3.05, 3.63) is 41.7 Å². The third-order valence-corrected chi connectivity index (χ3v) is 4.57. The molecule has 0 saturated heterocycles. The Hall–Kier alpha value is -2.32. The number of carbonyl (C=O) groups excluding carboxylic acids is 1. The predicted molar refractivity (Wildman–Crippen MR) is 96.4 cm³/mol. The van der Waals surface area contributed by atoms with Crippen molar-refractivity contribution in [3.8, 4) is 23.0 Å². The molecule has 0 N–H and O–H groups in total. The summed E-state index contributed by atoms with van der Waals surface area (Å²) in [5.74, 6) is -0.448. The summed E-state index contributed by atoms with van der Waals surface area (Å²) in [7, 11) is 0. The van der Waals surface area contributed by atoms with Crippen LogP contribution in [0, 0.1) is 5.92 Å². The van der Waals surface area contributed by atoms with E-state index in [1.165, 1.54) is 30.6 Å². The van der Waals surface area contributed by atoms with Crippen molar-refractivity contribution in [2.75, 3.05) is 6.61 Å². The largest absolute Gasteiger partial charge is 0.489 e. The lowest BCUT2D eigenvalue weighted by molar-refractivity contribution is -0.108. The van der Waals surface area contributed by atoms with E-state index in [0.717, 1.165) is 12.8 Å². The van der Waals surface area contributed by atoms with Crippen LogP contribution in [0.3, 0.4) is 0 Å². The van der Waals surface area contributed by atoms with E-state index in [4.69, 9.17) is 37.0 Å². The third kappa shape index (κ3) is 4.74. The fourth-order valence-electron chi connectivity index (χ4n) is 2.69. The van der Waals surface area contributed by atoms with Gasteiger partial charge in [-0.05, 0) is 36.5 Å². The molecular formula is C18H15Cl2F2NO5. The van der Waals surface area contributed by atoms with Gasteiger partial charge < -0.3 is 22.8 Å². The molecule has 150 valence electrons. The number of alkyl halides is 2. The smallest absolute Gasteiger partial charge is 0.387 e. The van der Waals surface area contributed by atoms with Gasteiger partial charge in [0, 0.05) is 0 Å². The number of nitrogens with zero attached hydrogens (tertiary/aromatic N) is 1. The maximum absolute atomic E-state index is 12.7. The maximum atomic E-state index is 12.7. The first-order chi connectivity index (χ1) is 13.6. The number of rotatable bonds is 10. The van der Waals surface area contributed by atoms with E-state index >= 15 is 0 Å². The SMILES string of the molecule is O=CC(c1ccc(OC(F)F)c(OCC2CC2)c1)c1c(OCl)cncc1OCl. The number of halogens is 4. The summed E-state index contributed by atoms with van der Waals surface area (Å²) in [6.45, 7) is -2.64. The molecule has 1 heterocycles. The lowest BCUT2D eigenvalue weighted by Crippen LogP contribution is -2.09. The first kappa shape index (κ1) is 20.4. The summed E-state index contributed by atoms with van der Waals surface area (Å²) >= 11 is 10.9. The second-order valence-corrected chi connectivity index (χ2v) is 6.47. The van der Waals surface area contributed by atoms with Crippen LogP contribution in [-0.4, -0.2) is 24.5 Å². The highest BCUT2D eigenvalue weighted by Gasteiger charge is 2.27. The first-order valence-electron chi connectivity index (χ1n) is 8.29.